The van der Waals surface area contributed by atoms with Crippen LogP contribution in [0.3, 0.4) is 0 Å². The summed E-state index contributed by atoms with van der Waals surface area (Å²) in [5.41, 5.74) is 0.564. The van der Waals surface area contributed by atoms with Crippen molar-refractivity contribution in [1.82, 2.24) is 9.80 Å². The molecular weight excluding hydrogens is 297 g/mol. The number of likely N-dealkylation sites (N-methyl/N-ethyl adjacent to an activating group) is 1. The highest BCUT2D eigenvalue weighted by molar-refractivity contribution is 6.43. The number of hydrogen-bond acceptors (Lipinski definition) is 2. The molecule has 2 aliphatic heterocycles. The van der Waals surface area contributed by atoms with Crippen LogP contribution >= 0.6 is 23.2 Å². The van der Waals surface area contributed by atoms with Gasteiger partial charge in [-0.1, -0.05) is 29.3 Å². The molecule has 2 amide bonds. The van der Waals surface area contributed by atoms with Crippen LogP contribution < -0.4 is 5.32 Å². The molecule has 2 aliphatic rings. The average molecular weight is 314 g/mol. The second-order valence-corrected chi connectivity index (χ2v) is 6.32. The number of nitrogens with one attached hydrogen (secondary N) is 1. The van der Waals surface area contributed by atoms with Gasteiger partial charge in [0.1, 0.15) is 0 Å². The van der Waals surface area contributed by atoms with E-state index < -0.39 is 0 Å². The Balaban J connectivity index is 1.67. The molecule has 2 fully saturated rings. The Morgan fingerprint density at radius 2 is 2.15 bits per heavy atom. The van der Waals surface area contributed by atoms with Gasteiger partial charge in [0.05, 0.1) is 15.7 Å². The van der Waals surface area contributed by atoms with Gasteiger partial charge in [-0.2, -0.15) is 0 Å². The molecule has 108 valence electrons. The molecule has 6 heteroatoms. The number of carbonyl (C=O) groups is 1. The first kappa shape index (κ1) is 14.0. The summed E-state index contributed by atoms with van der Waals surface area (Å²) < 4.78 is 0. The second kappa shape index (κ2) is 5.43. The molecular formula is C14H17Cl2N3O. The maximum absolute atomic E-state index is 12.3. The zero-order valence-electron chi connectivity index (χ0n) is 11.3. The van der Waals surface area contributed by atoms with Gasteiger partial charge in [-0.25, -0.2) is 4.79 Å². The van der Waals surface area contributed by atoms with Crippen molar-refractivity contribution in [2.45, 2.75) is 12.5 Å². The van der Waals surface area contributed by atoms with Crippen molar-refractivity contribution < 1.29 is 4.79 Å². The van der Waals surface area contributed by atoms with E-state index in [2.05, 4.69) is 17.3 Å². The molecule has 1 aromatic carbocycles. The fourth-order valence-corrected chi connectivity index (χ4v) is 3.48. The van der Waals surface area contributed by atoms with Gasteiger partial charge in [0.2, 0.25) is 0 Å². The topological polar surface area (TPSA) is 35.6 Å². The molecule has 2 atom stereocenters. The number of benzene rings is 1. The van der Waals surface area contributed by atoms with E-state index in [0.29, 0.717) is 27.7 Å². The first-order valence-corrected chi connectivity index (χ1v) is 7.52. The van der Waals surface area contributed by atoms with Crippen molar-refractivity contribution in [3.63, 3.8) is 0 Å². The minimum atomic E-state index is -0.100. The molecule has 3 rings (SSSR count). The first-order valence-electron chi connectivity index (χ1n) is 6.76. The third kappa shape index (κ3) is 2.48. The van der Waals surface area contributed by atoms with Gasteiger partial charge in [-0.05, 0) is 38.1 Å². The molecule has 0 unspecified atom stereocenters. The number of amides is 2. The predicted octanol–water partition coefficient (Wildman–Crippen LogP) is 3.16. The molecule has 0 bridgehead atoms. The standard InChI is InChI=1S/C14H17Cl2N3O/c1-18-6-5-9-7-19(8-12(9)18)14(20)17-11-4-2-3-10(15)13(11)16/h2-4,9,12H,5-8H2,1H3,(H,17,20)/t9-,12+/m0/s1. The van der Waals surface area contributed by atoms with E-state index in [9.17, 15) is 4.79 Å². The number of carbonyl (C=O) groups excluding carboxylic acids is 1. The first-order chi connectivity index (χ1) is 9.56. The van der Waals surface area contributed by atoms with Crippen LogP contribution in [0.15, 0.2) is 18.2 Å². The van der Waals surface area contributed by atoms with Gasteiger partial charge in [-0.3, -0.25) is 0 Å². The highest BCUT2D eigenvalue weighted by atomic mass is 35.5. The Hall–Kier alpha value is -0.970. The number of halogens is 2. The van der Waals surface area contributed by atoms with Crippen molar-refractivity contribution in [2.75, 3.05) is 32.0 Å². The lowest BCUT2D eigenvalue weighted by molar-refractivity contribution is 0.213. The molecule has 2 saturated heterocycles. The summed E-state index contributed by atoms with van der Waals surface area (Å²) in [4.78, 5) is 16.5. The minimum Gasteiger partial charge on any atom is -0.323 e. The van der Waals surface area contributed by atoms with Crippen LogP contribution in [0.1, 0.15) is 6.42 Å². The van der Waals surface area contributed by atoms with Crippen LogP contribution in [-0.2, 0) is 0 Å². The number of nitrogens with zero attached hydrogens (tertiary/aromatic N) is 2. The lowest BCUT2D eigenvalue weighted by atomic mass is 10.1. The summed E-state index contributed by atoms with van der Waals surface area (Å²) in [6.07, 6.45) is 1.17. The van der Waals surface area contributed by atoms with Crippen LogP contribution in [-0.4, -0.2) is 48.6 Å². The highest BCUT2D eigenvalue weighted by Gasteiger charge is 2.41. The van der Waals surface area contributed by atoms with E-state index in [1.165, 1.54) is 6.42 Å². The van der Waals surface area contributed by atoms with Crippen LogP contribution in [0.4, 0.5) is 10.5 Å². The van der Waals surface area contributed by atoms with Crippen LogP contribution in [0.2, 0.25) is 10.0 Å². The van der Waals surface area contributed by atoms with E-state index in [-0.39, 0.29) is 6.03 Å². The Kier molecular flexibility index (Phi) is 3.80. The Bertz CT molecular complexity index is 537. The largest absolute Gasteiger partial charge is 0.323 e. The van der Waals surface area contributed by atoms with Gasteiger partial charge in [0.25, 0.3) is 0 Å². The summed E-state index contributed by atoms with van der Waals surface area (Å²) >= 11 is 12.0. The quantitative estimate of drug-likeness (QED) is 0.864. The van der Waals surface area contributed by atoms with Crippen molar-refractivity contribution in [3.05, 3.63) is 28.2 Å². The molecule has 1 aromatic rings. The van der Waals surface area contributed by atoms with Gasteiger partial charge in [-0.15, -0.1) is 0 Å². The third-order valence-corrected chi connectivity index (χ3v) is 5.12. The van der Waals surface area contributed by atoms with E-state index in [0.717, 1.165) is 19.6 Å². The maximum atomic E-state index is 12.3. The summed E-state index contributed by atoms with van der Waals surface area (Å²) in [5, 5.41) is 3.68. The lowest BCUT2D eigenvalue weighted by Crippen LogP contribution is -2.37. The maximum Gasteiger partial charge on any atom is 0.321 e. The summed E-state index contributed by atoms with van der Waals surface area (Å²) in [6.45, 7) is 2.73. The van der Waals surface area contributed by atoms with Gasteiger partial charge in [0, 0.05) is 19.1 Å². The van der Waals surface area contributed by atoms with E-state index in [1.54, 1.807) is 18.2 Å². The van der Waals surface area contributed by atoms with Crippen LogP contribution in [0.5, 0.6) is 0 Å². The van der Waals surface area contributed by atoms with E-state index >= 15 is 0 Å². The molecule has 0 aromatic heterocycles. The number of rotatable bonds is 1. The molecule has 1 N–H and O–H groups in total. The Morgan fingerprint density at radius 3 is 2.90 bits per heavy atom. The summed E-state index contributed by atoms with van der Waals surface area (Å²) in [5.74, 6) is 0.598. The SMILES string of the molecule is CN1CC[C@H]2CN(C(=O)Nc3cccc(Cl)c3Cl)C[C@H]21. The van der Waals surface area contributed by atoms with Crippen molar-refractivity contribution in [1.29, 1.82) is 0 Å². The fraction of sp³-hybridized carbons (Fsp3) is 0.500. The normalized spacial score (nSPS) is 25.9. The summed E-state index contributed by atoms with van der Waals surface area (Å²) in [7, 11) is 2.12. The minimum absolute atomic E-state index is 0.100. The summed E-state index contributed by atoms with van der Waals surface area (Å²) in [6, 6.07) is 5.63. The molecule has 0 radical (unpaired) electrons. The third-order valence-electron chi connectivity index (χ3n) is 4.31. The molecule has 20 heavy (non-hydrogen) atoms. The second-order valence-electron chi connectivity index (χ2n) is 5.53. The smallest absolute Gasteiger partial charge is 0.321 e. The molecule has 0 aliphatic carbocycles. The number of hydrogen-bond donors (Lipinski definition) is 1. The molecule has 0 spiro atoms. The van der Waals surface area contributed by atoms with Gasteiger partial charge >= 0.3 is 6.03 Å². The number of anilines is 1. The van der Waals surface area contributed by atoms with E-state index in [1.807, 2.05) is 4.90 Å². The molecule has 4 nitrogen and oxygen atoms in total. The van der Waals surface area contributed by atoms with Gasteiger partial charge < -0.3 is 15.1 Å². The van der Waals surface area contributed by atoms with E-state index in [4.69, 9.17) is 23.2 Å². The lowest BCUT2D eigenvalue weighted by Gasteiger charge is -2.21. The Labute approximate surface area is 128 Å². The zero-order valence-corrected chi connectivity index (χ0v) is 12.8. The van der Waals surface area contributed by atoms with Crippen molar-refractivity contribution in [2.24, 2.45) is 5.92 Å². The highest BCUT2D eigenvalue weighted by Crippen LogP contribution is 2.32. The predicted molar refractivity (Wildman–Crippen MR) is 81.6 cm³/mol. The Morgan fingerprint density at radius 1 is 1.35 bits per heavy atom. The zero-order chi connectivity index (χ0) is 14.3. The molecule has 2 heterocycles. The van der Waals surface area contributed by atoms with Crippen LogP contribution in [0, 0.1) is 5.92 Å². The van der Waals surface area contributed by atoms with Crippen LogP contribution in [0.25, 0.3) is 0 Å². The van der Waals surface area contributed by atoms with Crippen molar-refractivity contribution >= 4 is 34.9 Å². The number of fused-ring (bicyclic) bond motifs is 1. The van der Waals surface area contributed by atoms with Crippen molar-refractivity contribution in [3.8, 4) is 0 Å². The monoisotopic (exact) mass is 313 g/mol. The molecule has 0 saturated carbocycles. The number of likely N-dealkylation sites (tertiary alicyclic amines) is 2. The van der Waals surface area contributed by atoms with Gasteiger partial charge in [0.15, 0.2) is 0 Å². The average Bonchev–Trinajstić information content (AvgIpc) is 2.98. The fourth-order valence-electron chi connectivity index (χ4n) is 3.13. The number of urea groups is 1.